The summed E-state index contributed by atoms with van der Waals surface area (Å²) in [7, 11) is 0. The maximum Gasteiger partial charge on any atom is 1.00 e. The van der Waals surface area contributed by atoms with Gasteiger partial charge in [-0.1, -0.05) is 67.2 Å². The molecule has 0 radical (unpaired) electrons. The molecule has 23 heavy (non-hydrogen) atoms. The van der Waals surface area contributed by atoms with Crippen LogP contribution in [0.2, 0.25) is 0 Å². The van der Waals surface area contributed by atoms with Crippen molar-refractivity contribution in [1.29, 1.82) is 0 Å². The van der Waals surface area contributed by atoms with E-state index in [1.54, 1.807) is 0 Å². The Balaban J connectivity index is -0.0000000439. The minimum absolute atomic E-state index is 0. The first-order valence-corrected chi connectivity index (χ1v) is 12.4. The van der Waals surface area contributed by atoms with Crippen LogP contribution >= 0.6 is 13.4 Å². The van der Waals surface area contributed by atoms with Crippen molar-refractivity contribution >= 4 is 37.1 Å². The summed E-state index contributed by atoms with van der Waals surface area (Å²) in [6.45, 7) is 5.85. The summed E-state index contributed by atoms with van der Waals surface area (Å²) >= 11 is 7.21. The van der Waals surface area contributed by atoms with Gasteiger partial charge in [0.15, 0.2) is 0 Å². The van der Waals surface area contributed by atoms with Crippen molar-refractivity contribution in [3.63, 3.8) is 0 Å². The summed E-state index contributed by atoms with van der Waals surface area (Å²) in [5.41, 5.74) is 0. The van der Waals surface area contributed by atoms with Crippen molar-refractivity contribution in [3.8, 4) is 0 Å². The molecule has 0 saturated carbocycles. The third-order valence-corrected chi connectivity index (χ3v) is 1.73. The summed E-state index contributed by atoms with van der Waals surface area (Å²) < 4.78 is 0. The minimum Gasteiger partial charge on any atom is -1.00 e. The second kappa shape index (κ2) is 22.1. The molecule has 0 aromatic carbocycles. The Morgan fingerprint density at radius 1 is 0.696 bits per heavy atom. The fraction of sp³-hybridized carbons (Fsp3) is 1.00. The van der Waals surface area contributed by atoms with Crippen LogP contribution in [0.3, 0.4) is 0 Å². The van der Waals surface area contributed by atoms with Crippen molar-refractivity contribution in [3.05, 3.63) is 0 Å². The molecule has 0 aromatic rings. The maximum atomic E-state index is 7.56. The molecule has 0 saturated heterocycles. The van der Waals surface area contributed by atoms with Crippen LogP contribution in [0, 0.1) is 11.8 Å². The quantitative estimate of drug-likeness (QED) is 0.283. The summed E-state index contributed by atoms with van der Waals surface area (Å²) in [5.74, 6) is 1.80. The first-order valence-electron chi connectivity index (χ1n) is 7.11. The van der Waals surface area contributed by atoms with Gasteiger partial charge in [-0.2, -0.15) is 0 Å². The van der Waals surface area contributed by atoms with Crippen LogP contribution in [-0.4, -0.2) is 29.4 Å². The van der Waals surface area contributed by atoms with Gasteiger partial charge in [-0.05, 0) is 35.4 Å². The molecule has 6 N–H and O–H groups in total. The normalized spacial score (nSPS) is 10.3. The first kappa shape index (κ1) is 36.1. The molecular weight excluding hydrogens is 389 g/mol. The van der Waals surface area contributed by atoms with Gasteiger partial charge in [0.05, 0.1) is 0 Å². The molecule has 0 aromatic heterocycles. The summed E-state index contributed by atoms with van der Waals surface area (Å²) in [4.78, 5) is 45.3. The maximum absolute atomic E-state index is 7.56. The SMILES string of the molecule is CCCC(C)C.CCCC(C)C.OP(O)(O)=S.OP(O)(O)=S.[H-].[Na+]. The first-order chi connectivity index (χ1) is 9.54. The van der Waals surface area contributed by atoms with Crippen LogP contribution in [0.1, 0.15) is 68.7 Å². The fourth-order valence-electron chi connectivity index (χ4n) is 1.15. The van der Waals surface area contributed by atoms with Gasteiger partial charge in [-0.3, -0.25) is 0 Å². The summed E-state index contributed by atoms with van der Waals surface area (Å²) in [6.07, 6.45) is 5.41. The van der Waals surface area contributed by atoms with Crippen LogP contribution in [0.5, 0.6) is 0 Å². The van der Waals surface area contributed by atoms with Crippen molar-refractivity contribution in [2.45, 2.75) is 67.2 Å². The Bertz CT molecular complexity index is 267. The van der Waals surface area contributed by atoms with Gasteiger partial charge in [0, 0.05) is 0 Å². The average Bonchev–Trinajstić information content (AvgIpc) is 2.11. The van der Waals surface area contributed by atoms with E-state index in [4.69, 9.17) is 29.4 Å². The third kappa shape index (κ3) is 180. The second-order valence-corrected chi connectivity index (χ2v) is 10.4. The van der Waals surface area contributed by atoms with Crippen LogP contribution in [0.25, 0.3) is 0 Å². The molecule has 142 valence electrons. The monoisotopic (exact) mass is 424 g/mol. The molecule has 0 fully saturated rings. The standard InChI is InChI=1S/2C6H14.Na.2H3O3PS.H/c2*1-4-5-6(2)3;;2*1-4(2,3)5;/h2*6H,4-5H2,1-3H3;;2*(H3,1,2,3,5);/q;;+1;;;-1. The average molecular weight is 424 g/mol. The summed E-state index contributed by atoms with van der Waals surface area (Å²) in [5, 5.41) is 0. The zero-order valence-corrected chi connectivity index (χ0v) is 20.8. The van der Waals surface area contributed by atoms with Crippen LogP contribution in [-0.2, 0) is 23.6 Å². The smallest absolute Gasteiger partial charge is 1.00 e. The van der Waals surface area contributed by atoms with Crippen molar-refractivity contribution in [2.24, 2.45) is 11.8 Å². The van der Waals surface area contributed by atoms with E-state index < -0.39 is 13.4 Å². The Morgan fingerprint density at radius 3 is 0.826 bits per heavy atom. The van der Waals surface area contributed by atoms with E-state index in [9.17, 15) is 0 Å². The van der Waals surface area contributed by atoms with Gasteiger partial charge < -0.3 is 30.8 Å². The Morgan fingerprint density at radius 2 is 0.826 bits per heavy atom. The second-order valence-electron chi connectivity index (χ2n) is 5.39. The minimum atomic E-state index is -3.81. The van der Waals surface area contributed by atoms with E-state index in [1.165, 1.54) is 25.7 Å². The van der Waals surface area contributed by atoms with E-state index in [0.717, 1.165) is 11.8 Å². The van der Waals surface area contributed by atoms with Crippen molar-refractivity contribution < 1.29 is 60.3 Å². The van der Waals surface area contributed by atoms with Crippen LogP contribution < -0.4 is 29.6 Å². The fourth-order valence-corrected chi connectivity index (χ4v) is 1.15. The van der Waals surface area contributed by atoms with Gasteiger partial charge in [0.2, 0.25) is 0 Å². The van der Waals surface area contributed by atoms with Gasteiger partial charge in [0.25, 0.3) is 0 Å². The van der Waals surface area contributed by atoms with Gasteiger partial charge >= 0.3 is 43.0 Å². The van der Waals surface area contributed by atoms with E-state index in [1.807, 2.05) is 0 Å². The molecule has 6 nitrogen and oxygen atoms in total. The topological polar surface area (TPSA) is 121 Å². The van der Waals surface area contributed by atoms with Crippen LogP contribution in [0.4, 0.5) is 0 Å². The Labute approximate surface area is 175 Å². The Hall–Kier alpha value is 2.06. The van der Waals surface area contributed by atoms with E-state index in [-0.39, 0.29) is 31.0 Å². The predicted octanol–water partition coefficient (Wildman–Crippen LogP) is 0.377. The van der Waals surface area contributed by atoms with Crippen molar-refractivity contribution in [1.82, 2.24) is 0 Å². The molecule has 0 aliphatic carbocycles. The van der Waals surface area contributed by atoms with Gasteiger partial charge in [-0.25, -0.2) is 0 Å². The molecule has 0 aliphatic heterocycles. The molecule has 0 unspecified atom stereocenters. The summed E-state index contributed by atoms with van der Waals surface area (Å²) in [6, 6.07) is 0. The molecule has 11 heteroatoms. The van der Waals surface area contributed by atoms with Crippen LogP contribution in [0.15, 0.2) is 0 Å². The third-order valence-electron chi connectivity index (χ3n) is 1.73. The molecule has 0 rings (SSSR count). The van der Waals surface area contributed by atoms with E-state index in [0.29, 0.717) is 0 Å². The Kier molecular flexibility index (Phi) is 34.6. The van der Waals surface area contributed by atoms with E-state index >= 15 is 0 Å². The molecule has 0 spiro atoms. The molecule has 0 heterocycles. The number of hydrogen-bond donors (Lipinski definition) is 6. The zero-order chi connectivity index (χ0) is 19.0. The predicted molar refractivity (Wildman–Crippen MR) is 102 cm³/mol. The molecule has 0 aliphatic rings. The van der Waals surface area contributed by atoms with E-state index in [2.05, 4.69) is 65.2 Å². The molecule has 0 amide bonds. The van der Waals surface area contributed by atoms with Gasteiger partial charge in [0.1, 0.15) is 0 Å². The zero-order valence-electron chi connectivity index (χ0n) is 16.4. The number of rotatable bonds is 4. The number of hydrogen-bond acceptors (Lipinski definition) is 2. The molecule has 0 atom stereocenters. The largest absolute Gasteiger partial charge is 1.00 e. The van der Waals surface area contributed by atoms with Crippen molar-refractivity contribution in [2.75, 3.05) is 0 Å². The van der Waals surface area contributed by atoms with Gasteiger partial charge in [-0.15, -0.1) is 0 Å². The molecular formula is C12H35NaO6P2S2. The molecule has 0 bridgehead atoms.